The lowest BCUT2D eigenvalue weighted by Gasteiger charge is -2.41. The van der Waals surface area contributed by atoms with Crippen LogP contribution in [0.4, 0.5) is 4.79 Å². The predicted octanol–water partition coefficient (Wildman–Crippen LogP) is 2.27. The number of benzene rings is 1. The number of nitrogens with zero attached hydrogens (tertiary/aromatic N) is 4. The molecule has 1 N–H and O–H groups in total. The van der Waals surface area contributed by atoms with Crippen LogP contribution in [0, 0.1) is 0 Å². The van der Waals surface area contributed by atoms with Gasteiger partial charge in [-0.1, -0.05) is 30.3 Å². The van der Waals surface area contributed by atoms with Crippen molar-refractivity contribution in [3.8, 4) is 0 Å². The van der Waals surface area contributed by atoms with Gasteiger partial charge in [0.15, 0.2) is 5.82 Å². The summed E-state index contributed by atoms with van der Waals surface area (Å²) in [5.74, 6) is 1.91. The summed E-state index contributed by atoms with van der Waals surface area (Å²) < 4.78 is 2.15. The van der Waals surface area contributed by atoms with Gasteiger partial charge in [-0.15, -0.1) is 10.2 Å². The number of hydrogen-bond acceptors (Lipinski definition) is 3. The van der Waals surface area contributed by atoms with Gasteiger partial charge in [-0.2, -0.15) is 0 Å². The molecule has 0 saturated carbocycles. The van der Waals surface area contributed by atoms with Crippen molar-refractivity contribution in [2.75, 3.05) is 6.54 Å². The van der Waals surface area contributed by atoms with Crippen LogP contribution in [0.2, 0.25) is 0 Å². The summed E-state index contributed by atoms with van der Waals surface area (Å²) in [4.78, 5) is 14.3. The van der Waals surface area contributed by atoms with Gasteiger partial charge < -0.3 is 14.8 Å². The Morgan fingerprint density at radius 3 is 2.83 bits per heavy atom. The van der Waals surface area contributed by atoms with Crippen LogP contribution in [0.1, 0.15) is 42.5 Å². The van der Waals surface area contributed by atoms with Crippen LogP contribution in [0.5, 0.6) is 0 Å². The van der Waals surface area contributed by atoms with Crippen LogP contribution in [-0.2, 0) is 19.5 Å². The Morgan fingerprint density at radius 1 is 1.17 bits per heavy atom. The predicted molar refractivity (Wildman–Crippen MR) is 85.7 cm³/mol. The molecule has 1 saturated heterocycles. The number of carbonyl (C=O) groups is 1. The van der Waals surface area contributed by atoms with E-state index in [0.29, 0.717) is 6.54 Å². The van der Waals surface area contributed by atoms with E-state index in [0.717, 1.165) is 44.0 Å². The van der Waals surface area contributed by atoms with Crippen LogP contribution < -0.4 is 5.32 Å². The van der Waals surface area contributed by atoms with Crippen LogP contribution in [-0.4, -0.2) is 32.2 Å². The molecule has 120 valence electrons. The first-order valence-electron chi connectivity index (χ1n) is 8.33. The van der Waals surface area contributed by atoms with Gasteiger partial charge in [-0.3, -0.25) is 0 Å². The molecule has 0 spiro atoms. The number of fused-ring (bicyclic) bond motifs is 1. The summed E-state index contributed by atoms with van der Waals surface area (Å²) in [5, 5.41) is 11.5. The van der Waals surface area contributed by atoms with Gasteiger partial charge in [0.25, 0.3) is 0 Å². The van der Waals surface area contributed by atoms with Crippen molar-refractivity contribution in [2.24, 2.45) is 0 Å². The van der Waals surface area contributed by atoms with Crippen LogP contribution in [0.3, 0.4) is 0 Å². The first-order valence-corrected chi connectivity index (χ1v) is 8.33. The molecule has 23 heavy (non-hydrogen) atoms. The molecule has 1 fully saturated rings. The molecule has 6 heteroatoms. The molecule has 2 aromatic rings. The number of aryl methyl sites for hydroxylation is 1. The molecule has 4 rings (SSSR count). The smallest absolute Gasteiger partial charge is 0.318 e. The Hall–Kier alpha value is -2.37. The molecule has 6 nitrogen and oxygen atoms in total. The van der Waals surface area contributed by atoms with Gasteiger partial charge >= 0.3 is 6.03 Å². The number of hydrogen-bond donors (Lipinski definition) is 1. The maximum atomic E-state index is 12.4. The van der Waals surface area contributed by atoms with Gasteiger partial charge in [-0.05, 0) is 24.8 Å². The Morgan fingerprint density at radius 2 is 2.04 bits per heavy atom. The topological polar surface area (TPSA) is 63.1 Å². The molecular formula is C17H21N5O. The maximum absolute atomic E-state index is 12.4. The maximum Gasteiger partial charge on any atom is 0.318 e. The highest BCUT2D eigenvalue weighted by molar-refractivity contribution is 5.75. The molecule has 1 unspecified atom stereocenters. The monoisotopic (exact) mass is 311 g/mol. The fraction of sp³-hybridized carbons (Fsp3) is 0.471. The SMILES string of the molecule is O=C(NCc1nnc2n1CCCC2)N1CCC1c1ccccc1. The third kappa shape index (κ3) is 2.69. The fourth-order valence-electron chi connectivity index (χ4n) is 3.41. The summed E-state index contributed by atoms with van der Waals surface area (Å²) in [5.41, 5.74) is 1.20. The van der Waals surface area contributed by atoms with E-state index in [1.165, 1.54) is 12.0 Å². The van der Waals surface area contributed by atoms with Crippen molar-refractivity contribution >= 4 is 6.03 Å². The Kier molecular flexibility index (Phi) is 3.73. The zero-order valence-corrected chi connectivity index (χ0v) is 13.1. The van der Waals surface area contributed by atoms with E-state index in [9.17, 15) is 4.79 Å². The minimum absolute atomic E-state index is 0.0155. The molecule has 1 atom stereocenters. The van der Waals surface area contributed by atoms with E-state index in [2.05, 4.69) is 32.2 Å². The number of nitrogens with one attached hydrogen (secondary N) is 1. The van der Waals surface area contributed by atoms with Crippen molar-refractivity contribution in [1.82, 2.24) is 25.0 Å². The molecular weight excluding hydrogens is 290 g/mol. The average molecular weight is 311 g/mol. The molecule has 3 heterocycles. The summed E-state index contributed by atoms with van der Waals surface area (Å²) in [6, 6.07) is 10.4. The van der Waals surface area contributed by atoms with Crippen molar-refractivity contribution < 1.29 is 4.79 Å². The molecule has 0 radical (unpaired) electrons. The van der Waals surface area contributed by atoms with E-state index < -0.39 is 0 Å². The zero-order valence-electron chi connectivity index (χ0n) is 13.1. The van der Waals surface area contributed by atoms with Gasteiger partial charge in [-0.25, -0.2) is 4.79 Å². The number of rotatable bonds is 3. The van der Waals surface area contributed by atoms with Crippen molar-refractivity contribution in [2.45, 2.75) is 44.8 Å². The summed E-state index contributed by atoms with van der Waals surface area (Å²) in [7, 11) is 0. The second-order valence-electron chi connectivity index (χ2n) is 6.21. The second-order valence-corrected chi connectivity index (χ2v) is 6.21. The van der Waals surface area contributed by atoms with E-state index in [-0.39, 0.29) is 12.1 Å². The second kappa shape index (κ2) is 6.02. The Balaban J connectivity index is 1.38. The van der Waals surface area contributed by atoms with E-state index >= 15 is 0 Å². The Labute approximate surface area is 135 Å². The number of urea groups is 1. The lowest BCUT2D eigenvalue weighted by molar-refractivity contribution is 0.114. The highest BCUT2D eigenvalue weighted by Gasteiger charge is 2.33. The zero-order chi connectivity index (χ0) is 15.6. The third-order valence-corrected chi connectivity index (χ3v) is 4.80. The van der Waals surface area contributed by atoms with Crippen molar-refractivity contribution in [3.63, 3.8) is 0 Å². The number of likely N-dealkylation sites (tertiary alicyclic amines) is 1. The quantitative estimate of drug-likeness (QED) is 0.946. The third-order valence-electron chi connectivity index (χ3n) is 4.80. The highest BCUT2D eigenvalue weighted by atomic mass is 16.2. The fourth-order valence-corrected chi connectivity index (χ4v) is 3.41. The van der Waals surface area contributed by atoms with E-state index in [1.807, 2.05) is 23.1 Å². The largest absolute Gasteiger partial charge is 0.331 e. The summed E-state index contributed by atoms with van der Waals surface area (Å²) >= 11 is 0. The normalized spacial score (nSPS) is 19.8. The lowest BCUT2D eigenvalue weighted by Crippen LogP contribution is -2.49. The molecule has 2 amide bonds. The average Bonchev–Trinajstić information content (AvgIpc) is 2.96. The van der Waals surface area contributed by atoms with E-state index in [4.69, 9.17) is 0 Å². The highest BCUT2D eigenvalue weighted by Crippen LogP contribution is 2.32. The minimum atomic E-state index is -0.0155. The Bertz CT molecular complexity index is 696. The molecule has 1 aromatic carbocycles. The van der Waals surface area contributed by atoms with Gasteiger partial charge in [0, 0.05) is 19.5 Å². The first-order chi connectivity index (χ1) is 11.3. The summed E-state index contributed by atoms with van der Waals surface area (Å²) in [6.07, 6.45) is 4.35. The number of aromatic nitrogens is 3. The standard InChI is InChI=1S/C17H21N5O/c23-17(21-11-9-14(21)13-6-2-1-3-7-13)18-12-16-20-19-15-8-4-5-10-22(15)16/h1-3,6-7,14H,4-5,8-12H2,(H,18,23). The van der Waals surface area contributed by atoms with Crippen molar-refractivity contribution in [3.05, 3.63) is 47.5 Å². The van der Waals surface area contributed by atoms with Gasteiger partial charge in [0.1, 0.15) is 5.82 Å². The number of carbonyl (C=O) groups excluding carboxylic acids is 1. The van der Waals surface area contributed by atoms with Crippen LogP contribution >= 0.6 is 0 Å². The van der Waals surface area contributed by atoms with Gasteiger partial charge in [0.2, 0.25) is 0 Å². The molecule has 2 aliphatic heterocycles. The molecule has 0 aliphatic carbocycles. The molecule has 0 bridgehead atoms. The lowest BCUT2D eigenvalue weighted by atomic mass is 9.95. The molecule has 2 aliphatic rings. The van der Waals surface area contributed by atoms with Crippen LogP contribution in [0.25, 0.3) is 0 Å². The van der Waals surface area contributed by atoms with Crippen molar-refractivity contribution in [1.29, 1.82) is 0 Å². The van der Waals surface area contributed by atoms with Gasteiger partial charge in [0.05, 0.1) is 12.6 Å². The van der Waals surface area contributed by atoms with E-state index in [1.54, 1.807) is 0 Å². The van der Waals surface area contributed by atoms with Crippen LogP contribution in [0.15, 0.2) is 30.3 Å². The minimum Gasteiger partial charge on any atom is -0.331 e. The summed E-state index contributed by atoms with van der Waals surface area (Å²) in [6.45, 7) is 2.22. The molecule has 1 aromatic heterocycles. The first kappa shape index (κ1) is 14.2. The number of amides is 2.